The second-order valence-electron chi connectivity index (χ2n) is 5.32. The molecule has 0 radical (unpaired) electrons. The first-order chi connectivity index (χ1) is 8.65. The van der Waals surface area contributed by atoms with E-state index >= 15 is 0 Å². The van der Waals surface area contributed by atoms with Gasteiger partial charge < -0.3 is 10.1 Å². The number of ether oxygens (including phenoxy) is 1. The molecule has 2 heterocycles. The van der Waals surface area contributed by atoms with Crippen LogP contribution in [0, 0.1) is 19.3 Å². The van der Waals surface area contributed by atoms with Crippen molar-refractivity contribution in [2.24, 2.45) is 5.41 Å². The molecule has 0 amide bonds. The van der Waals surface area contributed by atoms with Crippen LogP contribution in [0.1, 0.15) is 35.3 Å². The van der Waals surface area contributed by atoms with Crippen molar-refractivity contribution in [1.29, 1.82) is 0 Å². The van der Waals surface area contributed by atoms with Crippen molar-refractivity contribution in [3.05, 3.63) is 15.6 Å². The van der Waals surface area contributed by atoms with E-state index in [2.05, 4.69) is 26.1 Å². The SMILES string of the molecule is CCNCC1(Cc2nc(C)c(C)s2)CCOCC1. The molecule has 0 aliphatic carbocycles. The van der Waals surface area contributed by atoms with Gasteiger partial charge in [0.05, 0.1) is 10.7 Å². The van der Waals surface area contributed by atoms with Gasteiger partial charge in [0.1, 0.15) is 0 Å². The first-order valence-corrected chi connectivity index (χ1v) is 7.68. The second kappa shape index (κ2) is 6.13. The fourth-order valence-corrected chi connectivity index (χ4v) is 3.65. The lowest BCUT2D eigenvalue weighted by Crippen LogP contribution is -2.40. The maximum absolute atomic E-state index is 5.53. The number of nitrogens with one attached hydrogen (secondary N) is 1. The number of rotatable bonds is 5. The molecule has 0 aromatic carbocycles. The van der Waals surface area contributed by atoms with Crippen LogP contribution in [0.15, 0.2) is 0 Å². The second-order valence-corrected chi connectivity index (χ2v) is 6.61. The molecule has 1 saturated heterocycles. The van der Waals surface area contributed by atoms with Crippen molar-refractivity contribution in [3.8, 4) is 0 Å². The standard InChI is InChI=1S/C14H24N2OS/c1-4-15-10-14(5-7-17-8-6-14)9-13-16-11(2)12(3)18-13/h15H,4-10H2,1-3H3. The molecule has 3 nitrogen and oxygen atoms in total. The smallest absolute Gasteiger partial charge is 0.0936 e. The summed E-state index contributed by atoms with van der Waals surface area (Å²) in [5.74, 6) is 0. The Balaban J connectivity index is 2.08. The number of hydrogen-bond acceptors (Lipinski definition) is 4. The van der Waals surface area contributed by atoms with Crippen LogP contribution in [0.5, 0.6) is 0 Å². The van der Waals surface area contributed by atoms with E-state index in [0.29, 0.717) is 5.41 Å². The highest BCUT2D eigenvalue weighted by molar-refractivity contribution is 7.11. The van der Waals surface area contributed by atoms with Crippen molar-refractivity contribution in [2.75, 3.05) is 26.3 Å². The zero-order valence-electron chi connectivity index (χ0n) is 11.7. The Morgan fingerprint density at radius 1 is 1.33 bits per heavy atom. The van der Waals surface area contributed by atoms with Gasteiger partial charge in [0.2, 0.25) is 0 Å². The minimum atomic E-state index is 0.352. The largest absolute Gasteiger partial charge is 0.381 e. The molecule has 4 heteroatoms. The maximum atomic E-state index is 5.53. The monoisotopic (exact) mass is 268 g/mol. The van der Waals surface area contributed by atoms with Crippen LogP contribution in [0.25, 0.3) is 0 Å². The van der Waals surface area contributed by atoms with Crippen LogP contribution in [0.3, 0.4) is 0 Å². The van der Waals surface area contributed by atoms with Gasteiger partial charge >= 0.3 is 0 Å². The van der Waals surface area contributed by atoms with Gasteiger partial charge in [-0.3, -0.25) is 0 Å². The van der Waals surface area contributed by atoms with Crippen LogP contribution in [0.4, 0.5) is 0 Å². The number of hydrogen-bond donors (Lipinski definition) is 1. The van der Waals surface area contributed by atoms with Crippen molar-refractivity contribution in [3.63, 3.8) is 0 Å². The summed E-state index contributed by atoms with van der Waals surface area (Å²) in [4.78, 5) is 6.06. The molecule has 1 N–H and O–H groups in total. The summed E-state index contributed by atoms with van der Waals surface area (Å²) >= 11 is 1.86. The molecule has 1 aliphatic rings. The minimum Gasteiger partial charge on any atom is -0.381 e. The maximum Gasteiger partial charge on any atom is 0.0936 e. The van der Waals surface area contributed by atoms with E-state index in [9.17, 15) is 0 Å². The van der Waals surface area contributed by atoms with Gasteiger partial charge in [0, 0.05) is 31.1 Å². The summed E-state index contributed by atoms with van der Waals surface area (Å²) < 4.78 is 5.53. The topological polar surface area (TPSA) is 34.2 Å². The molecule has 2 rings (SSSR count). The quantitative estimate of drug-likeness (QED) is 0.891. The van der Waals surface area contributed by atoms with Gasteiger partial charge in [-0.2, -0.15) is 0 Å². The van der Waals surface area contributed by atoms with E-state index in [-0.39, 0.29) is 0 Å². The molecule has 1 aromatic heterocycles. The number of nitrogens with zero attached hydrogens (tertiary/aromatic N) is 1. The number of aryl methyl sites for hydroxylation is 2. The van der Waals surface area contributed by atoms with Gasteiger partial charge in [0.15, 0.2) is 0 Å². The highest BCUT2D eigenvalue weighted by Gasteiger charge is 2.33. The van der Waals surface area contributed by atoms with E-state index in [1.165, 1.54) is 15.6 Å². The lowest BCUT2D eigenvalue weighted by molar-refractivity contribution is 0.0151. The van der Waals surface area contributed by atoms with E-state index < -0.39 is 0 Å². The highest BCUT2D eigenvalue weighted by atomic mass is 32.1. The van der Waals surface area contributed by atoms with Crippen LogP contribution < -0.4 is 5.32 Å². The fraction of sp³-hybridized carbons (Fsp3) is 0.786. The first-order valence-electron chi connectivity index (χ1n) is 6.86. The highest BCUT2D eigenvalue weighted by Crippen LogP contribution is 2.35. The number of aromatic nitrogens is 1. The van der Waals surface area contributed by atoms with Crippen LogP contribution in [-0.4, -0.2) is 31.3 Å². The molecular weight excluding hydrogens is 244 g/mol. The molecular formula is C14H24N2OS. The lowest BCUT2D eigenvalue weighted by Gasteiger charge is -2.37. The van der Waals surface area contributed by atoms with Gasteiger partial charge in [-0.05, 0) is 38.6 Å². The Labute approximate surface area is 114 Å². The van der Waals surface area contributed by atoms with Gasteiger partial charge in [-0.1, -0.05) is 6.92 Å². The zero-order valence-corrected chi connectivity index (χ0v) is 12.5. The van der Waals surface area contributed by atoms with Crippen molar-refractivity contribution >= 4 is 11.3 Å². The molecule has 1 aliphatic heterocycles. The van der Waals surface area contributed by atoms with E-state index in [4.69, 9.17) is 9.72 Å². The molecule has 0 saturated carbocycles. The van der Waals surface area contributed by atoms with Gasteiger partial charge in [-0.15, -0.1) is 11.3 Å². The molecule has 0 bridgehead atoms. The molecule has 1 aromatic rings. The third-order valence-electron chi connectivity index (χ3n) is 3.90. The average Bonchev–Trinajstić information content (AvgIpc) is 2.67. The Bertz CT molecular complexity index is 364. The van der Waals surface area contributed by atoms with Crippen molar-refractivity contribution in [1.82, 2.24) is 10.3 Å². The van der Waals surface area contributed by atoms with Gasteiger partial charge in [0.25, 0.3) is 0 Å². The number of thiazole rings is 1. The molecule has 0 unspecified atom stereocenters. The Morgan fingerprint density at radius 2 is 2.06 bits per heavy atom. The summed E-state index contributed by atoms with van der Waals surface area (Å²) in [7, 11) is 0. The summed E-state index contributed by atoms with van der Waals surface area (Å²) in [5.41, 5.74) is 1.55. The van der Waals surface area contributed by atoms with E-state index in [1.54, 1.807) is 0 Å². The van der Waals surface area contributed by atoms with Crippen LogP contribution in [0.2, 0.25) is 0 Å². The molecule has 18 heavy (non-hydrogen) atoms. The fourth-order valence-electron chi connectivity index (χ4n) is 2.55. The summed E-state index contributed by atoms with van der Waals surface area (Å²) in [6.45, 7) is 10.4. The Hall–Kier alpha value is -0.450. The van der Waals surface area contributed by atoms with Gasteiger partial charge in [-0.25, -0.2) is 4.98 Å². The third kappa shape index (κ3) is 3.31. The summed E-state index contributed by atoms with van der Waals surface area (Å²) in [6, 6.07) is 0. The van der Waals surface area contributed by atoms with E-state index in [0.717, 1.165) is 45.6 Å². The molecule has 0 spiro atoms. The predicted molar refractivity (Wildman–Crippen MR) is 76.3 cm³/mol. The summed E-state index contributed by atoms with van der Waals surface area (Å²) in [5, 5.41) is 4.82. The van der Waals surface area contributed by atoms with Crippen molar-refractivity contribution in [2.45, 2.75) is 40.0 Å². The van der Waals surface area contributed by atoms with E-state index in [1.807, 2.05) is 11.3 Å². The average molecular weight is 268 g/mol. The molecule has 1 fully saturated rings. The third-order valence-corrected chi connectivity index (χ3v) is 4.98. The van der Waals surface area contributed by atoms with Crippen LogP contribution >= 0.6 is 11.3 Å². The Kier molecular flexibility index (Phi) is 4.76. The molecule has 102 valence electrons. The minimum absolute atomic E-state index is 0.352. The predicted octanol–water partition coefficient (Wildman–Crippen LogP) is 2.71. The van der Waals surface area contributed by atoms with Crippen LogP contribution in [-0.2, 0) is 11.2 Å². The Morgan fingerprint density at radius 3 is 2.61 bits per heavy atom. The van der Waals surface area contributed by atoms with Crippen molar-refractivity contribution < 1.29 is 4.74 Å². The zero-order chi connectivity index (χ0) is 13.0. The molecule has 0 atom stereocenters. The normalized spacial score (nSPS) is 19.1. The lowest BCUT2D eigenvalue weighted by atomic mass is 9.77. The summed E-state index contributed by atoms with van der Waals surface area (Å²) in [6.07, 6.45) is 3.40. The first kappa shape index (κ1) is 14.0.